The number of benzene rings is 3. The molecule has 1 heterocycles. The van der Waals surface area contributed by atoms with E-state index in [-0.39, 0.29) is 22.5 Å². The van der Waals surface area contributed by atoms with E-state index in [9.17, 15) is 17.6 Å². The molecule has 184 valence electrons. The van der Waals surface area contributed by atoms with Gasteiger partial charge in [-0.15, -0.1) is 0 Å². The molecular formula is C26H28FN3O4S. The highest BCUT2D eigenvalue weighted by Crippen LogP contribution is 2.27. The van der Waals surface area contributed by atoms with Crippen molar-refractivity contribution in [2.75, 3.05) is 31.5 Å². The second-order valence-corrected chi connectivity index (χ2v) is 10.1. The van der Waals surface area contributed by atoms with Crippen molar-refractivity contribution >= 4 is 21.6 Å². The standard InChI is InChI=1S/C26H28FN3O4S/c1-34-23-6-4-5-20(17-23)25(30-15-2-3-16-30)18-28-26(31)19-7-13-24(14-8-19)35(32,33)29-22-11-9-21(27)10-12-22/h4-14,17,25,29H,2-3,15-16,18H2,1H3,(H,28,31). The Bertz CT molecular complexity index is 1260. The number of halogens is 1. The van der Waals surface area contributed by atoms with Crippen LogP contribution in [0.25, 0.3) is 0 Å². The van der Waals surface area contributed by atoms with Crippen LogP contribution in [0, 0.1) is 5.82 Å². The maximum Gasteiger partial charge on any atom is 0.261 e. The van der Waals surface area contributed by atoms with E-state index >= 15 is 0 Å². The minimum Gasteiger partial charge on any atom is -0.497 e. The second-order valence-electron chi connectivity index (χ2n) is 8.38. The number of amides is 1. The predicted molar refractivity (Wildman–Crippen MR) is 133 cm³/mol. The molecule has 4 rings (SSSR count). The van der Waals surface area contributed by atoms with Gasteiger partial charge in [0.25, 0.3) is 15.9 Å². The summed E-state index contributed by atoms with van der Waals surface area (Å²) in [5.74, 6) is 0.0262. The zero-order valence-corrected chi connectivity index (χ0v) is 20.2. The zero-order chi connectivity index (χ0) is 24.8. The van der Waals surface area contributed by atoms with Crippen molar-refractivity contribution in [2.24, 2.45) is 0 Å². The Morgan fingerprint density at radius 1 is 1.03 bits per heavy atom. The van der Waals surface area contributed by atoms with Crippen LogP contribution in [0.3, 0.4) is 0 Å². The Balaban J connectivity index is 1.43. The first-order chi connectivity index (χ1) is 16.9. The topological polar surface area (TPSA) is 87.7 Å². The first-order valence-corrected chi connectivity index (χ1v) is 12.9. The summed E-state index contributed by atoms with van der Waals surface area (Å²) in [4.78, 5) is 15.2. The second kappa shape index (κ2) is 10.9. The minimum atomic E-state index is -3.87. The monoisotopic (exact) mass is 497 g/mol. The van der Waals surface area contributed by atoms with Gasteiger partial charge in [0.15, 0.2) is 0 Å². The Morgan fingerprint density at radius 3 is 2.37 bits per heavy atom. The fraction of sp³-hybridized carbons (Fsp3) is 0.269. The summed E-state index contributed by atoms with van der Waals surface area (Å²) in [5.41, 5.74) is 1.68. The number of likely N-dealkylation sites (tertiary alicyclic amines) is 1. The zero-order valence-electron chi connectivity index (χ0n) is 19.4. The van der Waals surface area contributed by atoms with E-state index in [0.29, 0.717) is 12.1 Å². The van der Waals surface area contributed by atoms with Crippen LogP contribution in [0.15, 0.2) is 77.7 Å². The summed E-state index contributed by atoms with van der Waals surface area (Å²) in [6.07, 6.45) is 2.24. The quantitative estimate of drug-likeness (QED) is 0.463. The molecule has 3 aromatic rings. The molecule has 0 aliphatic carbocycles. The molecule has 9 heteroatoms. The van der Waals surface area contributed by atoms with Crippen LogP contribution in [0.1, 0.15) is 34.8 Å². The lowest BCUT2D eigenvalue weighted by Gasteiger charge is -2.28. The van der Waals surface area contributed by atoms with Crippen LogP contribution in [0.5, 0.6) is 5.75 Å². The van der Waals surface area contributed by atoms with Gasteiger partial charge in [0.1, 0.15) is 11.6 Å². The summed E-state index contributed by atoms with van der Waals surface area (Å²) in [7, 11) is -2.24. The van der Waals surface area contributed by atoms with Crippen molar-refractivity contribution in [2.45, 2.75) is 23.8 Å². The number of methoxy groups -OCH3 is 1. The fourth-order valence-corrected chi connectivity index (χ4v) is 5.23. The number of hydrogen-bond acceptors (Lipinski definition) is 5. The smallest absolute Gasteiger partial charge is 0.261 e. The minimum absolute atomic E-state index is 0.00435. The van der Waals surface area contributed by atoms with Crippen LogP contribution < -0.4 is 14.8 Å². The normalized spacial score (nSPS) is 14.9. The highest BCUT2D eigenvalue weighted by atomic mass is 32.2. The molecular weight excluding hydrogens is 469 g/mol. The molecule has 1 atom stereocenters. The Kier molecular flexibility index (Phi) is 7.67. The Labute approximate surface area is 205 Å². The van der Waals surface area contributed by atoms with Crippen molar-refractivity contribution in [3.05, 3.63) is 89.7 Å². The number of rotatable bonds is 9. The van der Waals surface area contributed by atoms with Gasteiger partial charge in [-0.1, -0.05) is 12.1 Å². The molecule has 1 amide bonds. The van der Waals surface area contributed by atoms with E-state index in [2.05, 4.69) is 14.9 Å². The Hall–Kier alpha value is -3.43. The lowest BCUT2D eigenvalue weighted by molar-refractivity contribution is 0.0938. The number of anilines is 1. The number of hydrogen-bond donors (Lipinski definition) is 2. The van der Waals surface area contributed by atoms with E-state index in [1.165, 1.54) is 48.5 Å². The van der Waals surface area contributed by atoms with Gasteiger partial charge in [-0.2, -0.15) is 0 Å². The SMILES string of the molecule is COc1cccc(C(CNC(=O)c2ccc(S(=O)(=O)Nc3ccc(F)cc3)cc2)N2CCCC2)c1. The van der Waals surface area contributed by atoms with Gasteiger partial charge in [-0.25, -0.2) is 12.8 Å². The number of ether oxygens (including phenoxy) is 1. The highest BCUT2D eigenvalue weighted by Gasteiger charge is 2.24. The van der Waals surface area contributed by atoms with Gasteiger partial charge in [-0.3, -0.25) is 14.4 Å². The van der Waals surface area contributed by atoms with Crippen LogP contribution in [-0.2, 0) is 10.0 Å². The maximum absolute atomic E-state index is 13.1. The van der Waals surface area contributed by atoms with E-state index < -0.39 is 15.8 Å². The van der Waals surface area contributed by atoms with Crippen LogP contribution >= 0.6 is 0 Å². The average Bonchev–Trinajstić information content (AvgIpc) is 3.40. The van der Waals surface area contributed by atoms with E-state index in [1.54, 1.807) is 7.11 Å². The summed E-state index contributed by atoms with van der Waals surface area (Å²) >= 11 is 0. The van der Waals surface area contributed by atoms with Crippen molar-refractivity contribution in [1.29, 1.82) is 0 Å². The number of carbonyl (C=O) groups excluding carboxylic acids is 1. The van der Waals surface area contributed by atoms with Gasteiger partial charge < -0.3 is 10.1 Å². The van der Waals surface area contributed by atoms with Crippen molar-refractivity contribution < 1.29 is 22.3 Å². The van der Waals surface area contributed by atoms with Gasteiger partial charge in [-0.05, 0) is 92.2 Å². The molecule has 0 bridgehead atoms. The molecule has 0 spiro atoms. The summed E-state index contributed by atoms with van der Waals surface area (Å²) in [6, 6.07) is 18.6. The molecule has 3 aromatic carbocycles. The molecule has 0 aromatic heterocycles. The molecule has 1 aliphatic rings. The lowest BCUT2D eigenvalue weighted by Crippen LogP contribution is -2.36. The van der Waals surface area contributed by atoms with Gasteiger partial charge >= 0.3 is 0 Å². The third-order valence-corrected chi connectivity index (χ3v) is 7.44. The van der Waals surface area contributed by atoms with Crippen molar-refractivity contribution in [3.8, 4) is 5.75 Å². The van der Waals surface area contributed by atoms with E-state index in [0.717, 1.165) is 37.2 Å². The van der Waals surface area contributed by atoms with Crippen molar-refractivity contribution in [3.63, 3.8) is 0 Å². The molecule has 1 saturated heterocycles. The number of carbonyl (C=O) groups is 1. The molecule has 0 saturated carbocycles. The van der Waals surface area contributed by atoms with E-state index in [1.807, 2.05) is 24.3 Å². The van der Waals surface area contributed by atoms with Crippen LogP contribution in [0.2, 0.25) is 0 Å². The van der Waals surface area contributed by atoms with Crippen molar-refractivity contribution in [1.82, 2.24) is 10.2 Å². The number of nitrogens with zero attached hydrogens (tertiary/aromatic N) is 1. The number of sulfonamides is 1. The molecule has 1 fully saturated rings. The van der Waals surface area contributed by atoms with Crippen LogP contribution in [-0.4, -0.2) is 46.0 Å². The molecule has 2 N–H and O–H groups in total. The molecule has 0 radical (unpaired) electrons. The molecule has 1 aliphatic heterocycles. The summed E-state index contributed by atoms with van der Waals surface area (Å²) < 4.78 is 46.1. The third-order valence-electron chi connectivity index (χ3n) is 6.04. The molecule has 35 heavy (non-hydrogen) atoms. The Morgan fingerprint density at radius 2 is 1.71 bits per heavy atom. The van der Waals surface area contributed by atoms with E-state index in [4.69, 9.17) is 4.74 Å². The number of nitrogens with one attached hydrogen (secondary N) is 2. The third kappa shape index (κ3) is 6.17. The van der Waals surface area contributed by atoms with Gasteiger partial charge in [0, 0.05) is 17.8 Å². The van der Waals surface area contributed by atoms with Gasteiger partial charge in [0.05, 0.1) is 18.0 Å². The highest BCUT2D eigenvalue weighted by molar-refractivity contribution is 7.92. The lowest BCUT2D eigenvalue weighted by atomic mass is 10.0. The fourth-order valence-electron chi connectivity index (χ4n) is 4.17. The van der Waals surface area contributed by atoms with Crippen LogP contribution in [0.4, 0.5) is 10.1 Å². The largest absolute Gasteiger partial charge is 0.497 e. The molecule has 7 nitrogen and oxygen atoms in total. The molecule has 1 unspecified atom stereocenters. The first kappa shape index (κ1) is 24.7. The van der Waals surface area contributed by atoms with Gasteiger partial charge in [0.2, 0.25) is 0 Å². The maximum atomic E-state index is 13.1. The average molecular weight is 498 g/mol. The predicted octanol–water partition coefficient (Wildman–Crippen LogP) is 4.20. The summed E-state index contributed by atoms with van der Waals surface area (Å²) in [5, 5.41) is 2.99. The summed E-state index contributed by atoms with van der Waals surface area (Å²) in [6.45, 7) is 2.34. The first-order valence-electron chi connectivity index (χ1n) is 11.4.